The van der Waals surface area contributed by atoms with E-state index in [-0.39, 0.29) is 6.10 Å². The first-order valence-electron chi connectivity index (χ1n) is 7.46. The second-order valence-electron chi connectivity index (χ2n) is 5.35. The maximum Gasteiger partial charge on any atom is 0.252 e. The van der Waals surface area contributed by atoms with Gasteiger partial charge in [-0.25, -0.2) is 8.42 Å². The minimum absolute atomic E-state index is 0.289. The van der Waals surface area contributed by atoms with Gasteiger partial charge in [0.15, 0.2) is 0 Å². The Morgan fingerprint density at radius 2 is 2.17 bits per heavy atom. The van der Waals surface area contributed by atoms with Crippen LogP contribution in [0.1, 0.15) is 23.5 Å². The van der Waals surface area contributed by atoms with Crippen LogP contribution in [0.3, 0.4) is 0 Å². The summed E-state index contributed by atoms with van der Waals surface area (Å²) in [5, 5.41) is 0.622. The van der Waals surface area contributed by atoms with Crippen LogP contribution in [0.2, 0.25) is 5.02 Å². The largest absolute Gasteiger partial charge is 0.371 e. The first-order chi connectivity index (χ1) is 11.0. The van der Waals surface area contributed by atoms with E-state index in [0.717, 1.165) is 16.9 Å². The number of halogens is 1. The highest BCUT2D eigenvalue weighted by atomic mass is 35.5. The van der Waals surface area contributed by atoms with Crippen molar-refractivity contribution in [1.82, 2.24) is 4.31 Å². The van der Waals surface area contributed by atoms with Crippen LogP contribution in [-0.4, -0.2) is 32.4 Å². The Hall–Kier alpha value is -0.920. The first kappa shape index (κ1) is 16.9. The summed E-state index contributed by atoms with van der Waals surface area (Å²) in [5.74, 6) is 0. The van der Waals surface area contributed by atoms with Crippen molar-refractivity contribution >= 4 is 33.0 Å². The molecular weight excluding hydrogens is 354 g/mol. The molecule has 1 atom stereocenters. The van der Waals surface area contributed by atoms with Gasteiger partial charge in [0.1, 0.15) is 4.21 Å². The lowest BCUT2D eigenvalue weighted by atomic mass is 10.1. The molecule has 124 valence electrons. The van der Waals surface area contributed by atoms with E-state index in [2.05, 4.69) is 0 Å². The third kappa shape index (κ3) is 3.61. The van der Waals surface area contributed by atoms with E-state index >= 15 is 0 Å². The number of hydrogen-bond acceptors (Lipinski definition) is 4. The fraction of sp³-hybridized carbons (Fsp3) is 0.375. The number of aryl methyl sites for hydroxylation is 1. The number of nitrogens with zero attached hydrogens (tertiary/aromatic N) is 1. The molecule has 1 aliphatic rings. The van der Waals surface area contributed by atoms with Crippen molar-refractivity contribution in [2.75, 3.05) is 19.7 Å². The lowest BCUT2D eigenvalue weighted by molar-refractivity contribution is -0.00249. The third-order valence-corrected chi connectivity index (χ3v) is 7.63. The van der Waals surface area contributed by atoms with Crippen LogP contribution < -0.4 is 0 Å². The van der Waals surface area contributed by atoms with E-state index in [1.807, 2.05) is 31.2 Å². The van der Waals surface area contributed by atoms with E-state index < -0.39 is 10.0 Å². The number of thiophene rings is 1. The van der Waals surface area contributed by atoms with Crippen molar-refractivity contribution < 1.29 is 13.2 Å². The average molecular weight is 372 g/mol. The molecule has 1 fully saturated rings. The molecular formula is C16H18ClNO3S2. The van der Waals surface area contributed by atoms with Gasteiger partial charge in [-0.2, -0.15) is 4.31 Å². The van der Waals surface area contributed by atoms with Gasteiger partial charge >= 0.3 is 0 Å². The van der Waals surface area contributed by atoms with Crippen molar-refractivity contribution in [3.63, 3.8) is 0 Å². The Labute approximate surface area is 145 Å². The minimum atomic E-state index is -3.46. The third-order valence-electron chi connectivity index (χ3n) is 3.83. The first-order valence-corrected chi connectivity index (χ1v) is 10.1. The zero-order valence-corrected chi connectivity index (χ0v) is 15.1. The van der Waals surface area contributed by atoms with Crippen molar-refractivity contribution in [2.24, 2.45) is 0 Å². The average Bonchev–Trinajstić information content (AvgIpc) is 3.05. The summed E-state index contributed by atoms with van der Waals surface area (Å²) in [6.45, 7) is 3.08. The molecule has 1 aromatic carbocycles. The predicted molar refractivity (Wildman–Crippen MR) is 92.6 cm³/mol. The molecule has 1 saturated heterocycles. The quantitative estimate of drug-likeness (QED) is 0.822. The van der Waals surface area contributed by atoms with Crippen LogP contribution in [0.25, 0.3) is 0 Å². The Balaban J connectivity index is 1.82. The fourth-order valence-electron chi connectivity index (χ4n) is 2.57. The molecule has 7 heteroatoms. The lowest BCUT2D eigenvalue weighted by Crippen LogP contribution is -2.41. The molecule has 0 saturated carbocycles. The van der Waals surface area contributed by atoms with Gasteiger partial charge in [0, 0.05) is 23.0 Å². The molecule has 0 amide bonds. The van der Waals surface area contributed by atoms with E-state index in [0.29, 0.717) is 28.9 Å². The molecule has 23 heavy (non-hydrogen) atoms. The topological polar surface area (TPSA) is 46.6 Å². The zero-order valence-electron chi connectivity index (χ0n) is 12.7. The molecule has 1 aliphatic heterocycles. The molecule has 0 bridgehead atoms. The lowest BCUT2D eigenvalue weighted by Gasteiger charge is -2.32. The highest BCUT2D eigenvalue weighted by Gasteiger charge is 2.32. The van der Waals surface area contributed by atoms with Gasteiger partial charge in [-0.1, -0.05) is 30.7 Å². The van der Waals surface area contributed by atoms with Crippen LogP contribution in [0.15, 0.2) is 40.6 Å². The Bertz CT molecular complexity index is 788. The highest BCUT2D eigenvalue weighted by molar-refractivity contribution is 7.91. The molecule has 0 radical (unpaired) electrons. The van der Waals surface area contributed by atoms with Crippen molar-refractivity contribution in [3.8, 4) is 0 Å². The summed E-state index contributed by atoms with van der Waals surface area (Å²) in [4.78, 5) is 1.07. The molecule has 0 aliphatic carbocycles. The van der Waals surface area contributed by atoms with Gasteiger partial charge in [-0.05, 0) is 36.2 Å². The number of benzene rings is 1. The van der Waals surface area contributed by atoms with Crippen LogP contribution in [0.4, 0.5) is 0 Å². The maximum absolute atomic E-state index is 12.8. The molecule has 2 aromatic rings. The summed E-state index contributed by atoms with van der Waals surface area (Å²) >= 11 is 7.36. The molecule has 1 unspecified atom stereocenters. The van der Waals surface area contributed by atoms with E-state index in [1.54, 1.807) is 12.1 Å². The second-order valence-corrected chi connectivity index (χ2v) is 9.12. The highest BCUT2D eigenvalue weighted by Crippen LogP contribution is 2.30. The van der Waals surface area contributed by atoms with E-state index in [9.17, 15) is 8.42 Å². The summed E-state index contributed by atoms with van der Waals surface area (Å²) in [6, 6.07) is 11.0. The fourth-order valence-corrected chi connectivity index (χ4v) is 5.64. The van der Waals surface area contributed by atoms with Gasteiger partial charge in [-0.15, -0.1) is 11.3 Å². The van der Waals surface area contributed by atoms with Gasteiger partial charge in [0.25, 0.3) is 10.0 Å². The molecule has 4 nitrogen and oxygen atoms in total. The zero-order chi connectivity index (χ0) is 16.4. The van der Waals surface area contributed by atoms with Crippen molar-refractivity contribution in [3.05, 3.63) is 51.9 Å². The number of hydrogen-bond donors (Lipinski definition) is 0. The van der Waals surface area contributed by atoms with Gasteiger partial charge < -0.3 is 4.74 Å². The van der Waals surface area contributed by atoms with E-state index in [1.165, 1.54) is 15.6 Å². The Morgan fingerprint density at radius 3 is 2.87 bits per heavy atom. The number of ether oxygens (including phenoxy) is 1. The summed E-state index contributed by atoms with van der Waals surface area (Å²) < 4.78 is 33.3. The smallest absolute Gasteiger partial charge is 0.252 e. The Kier molecular flexibility index (Phi) is 5.08. The summed E-state index contributed by atoms with van der Waals surface area (Å²) in [7, 11) is -3.46. The molecule has 3 rings (SSSR count). The second kappa shape index (κ2) is 6.91. The Morgan fingerprint density at radius 1 is 1.35 bits per heavy atom. The molecule has 2 heterocycles. The standard InChI is InChI=1S/C16H18ClNO3S2/c1-2-14-6-7-16(22-14)23(19,20)18-8-9-21-15(11-18)12-4-3-5-13(17)10-12/h3-7,10,15H,2,8-9,11H2,1H3. The van der Waals surface area contributed by atoms with Crippen LogP contribution in [0, 0.1) is 0 Å². The summed E-state index contributed by atoms with van der Waals surface area (Å²) in [5.41, 5.74) is 0.901. The normalized spacial score (nSPS) is 19.8. The van der Waals surface area contributed by atoms with Gasteiger partial charge in [0.2, 0.25) is 0 Å². The van der Waals surface area contributed by atoms with Gasteiger partial charge in [0.05, 0.1) is 12.7 Å². The van der Waals surface area contributed by atoms with Crippen LogP contribution in [0.5, 0.6) is 0 Å². The summed E-state index contributed by atoms with van der Waals surface area (Å²) in [6.07, 6.45) is 0.553. The minimum Gasteiger partial charge on any atom is -0.371 e. The number of sulfonamides is 1. The van der Waals surface area contributed by atoms with E-state index in [4.69, 9.17) is 16.3 Å². The predicted octanol–water partition coefficient (Wildman–Crippen LogP) is 3.73. The van der Waals surface area contributed by atoms with Crippen molar-refractivity contribution in [1.29, 1.82) is 0 Å². The van der Waals surface area contributed by atoms with Crippen LogP contribution in [-0.2, 0) is 21.2 Å². The molecule has 1 aromatic heterocycles. The van der Waals surface area contributed by atoms with Crippen molar-refractivity contribution in [2.45, 2.75) is 23.7 Å². The molecule has 0 spiro atoms. The molecule has 0 N–H and O–H groups in total. The monoisotopic (exact) mass is 371 g/mol. The number of rotatable bonds is 4. The SMILES string of the molecule is CCc1ccc(S(=O)(=O)N2CCOC(c3cccc(Cl)c3)C2)s1. The van der Waals surface area contributed by atoms with Crippen LogP contribution >= 0.6 is 22.9 Å². The maximum atomic E-state index is 12.8. The van der Waals surface area contributed by atoms with Gasteiger partial charge in [-0.3, -0.25) is 0 Å². The number of morpholine rings is 1.